The van der Waals surface area contributed by atoms with Crippen LogP contribution in [-0.4, -0.2) is 28.2 Å². The van der Waals surface area contributed by atoms with E-state index in [2.05, 4.69) is 27.5 Å². The van der Waals surface area contributed by atoms with Gasteiger partial charge in [-0.05, 0) is 50.6 Å². The van der Waals surface area contributed by atoms with E-state index >= 15 is 0 Å². The largest absolute Gasteiger partial charge is 0.354 e. The molecule has 0 spiro atoms. The van der Waals surface area contributed by atoms with E-state index in [-0.39, 0.29) is 11.7 Å². The standard InChI is InChI=1S/C19H24N4O2/c1-4-5-6-11-20-19-21-13(2)12-17(23-19)18(25)22-16-9-7-15(8-10-16)14(3)24/h7-10,12H,4-6,11H2,1-3H3,(H,22,25)(H,20,21,23). The highest BCUT2D eigenvalue weighted by atomic mass is 16.2. The zero-order valence-corrected chi connectivity index (χ0v) is 14.9. The van der Waals surface area contributed by atoms with Gasteiger partial charge in [-0.25, -0.2) is 9.97 Å². The third kappa shape index (κ3) is 5.67. The van der Waals surface area contributed by atoms with Crippen molar-refractivity contribution in [3.63, 3.8) is 0 Å². The minimum atomic E-state index is -0.308. The van der Waals surface area contributed by atoms with Gasteiger partial charge in [0, 0.05) is 23.5 Å². The number of hydrogen-bond acceptors (Lipinski definition) is 5. The number of nitrogens with one attached hydrogen (secondary N) is 2. The first kappa shape index (κ1) is 18.6. The molecule has 0 fully saturated rings. The summed E-state index contributed by atoms with van der Waals surface area (Å²) in [5.41, 5.74) is 2.25. The summed E-state index contributed by atoms with van der Waals surface area (Å²) in [4.78, 5) is 32.3. The number of hydrogen-bond donors (Lipinski definition) is 2. The number of amides is 1. The number of aromatic nitrogens is 2. The summed E-state index contributed by atoms with van der Waals surface area (Å²) in [5, 5.41) is 5.95. The molecular formula is C19H24N4O2. The van der Waals surface area contributed by atoms with E-state index in [0.717, 1.165) is 31.5 Å². The van der Waals surface area contributed by atoms with Crippen molar-refractivity contribution in [2.75, 3.05) is 17.2 Å². The van der Waals surface area contributed by atoms with Crippen molar-refractivity contribution in [3.05, 3.63) is 47.3 Å². The zero-order valence-electron chi connectivity index (χ0n) is 14.9. The van der Waals surface area contributed by atoms with E-state index in [1.165, 1.54) is 6.92 Å². The third-order valence-electron chi connectivity index (χ3n) is 3.70. The second-order valence-electron chi connectivity index (χ2n) is 5.94. The van der Waals surface area contributed by atoms with Crippen LogP contribution in [0.3, 0.4) is 0 Å². The molecule has 2 aromatic rings. The summed E-state index contributed by atoms with van der Waals surface area (Å²) in [6.07, 6.45) is 3.33. The quantitative estimate of drug-likeness (QED) is 0.563. The molecular weight excluding hydrogens is 316 g/mol. The number of carbonyl (C=O) groups excluding carboxylic acids is 2. The maximum atomic E-state index is 12.4. The molecule has 1 aromatic carbocycles. The second kappa shape index (κ2) is 8.92. The summed E-state index contributed by atoms with van der Waals surface area (Å²) < 4.78 is 0. The van der Waals surface area contributed by atoms with Crippen LogP contribution in [0.5, 0.6) is 0 Å². The first-order chi connectivity index (χ1) is 12.0. The molecule has 6 heteroatoms. The zero-order chi connectivity index (χ0) is 18.2. The summed E-state index contributed by atoms with van der Waals surface area (Å²) in [7, 11) is 0. The van der Waals surface area contributed by atoms with Crippen molar-refractivity contribution >= 4 is 23.3 Å². The molecule has 0 unspecified atom stereocenters. The average Bonchev–Trinajstić information content (AvgIpc) is 2.58. The fourth-order valence-electron chi connectivity index (χ4n) is 2.32. The summed E-state index contributed by atoms with van der Waals surface area (Å²) >= 11 is 0. The first-order valence-electron chi connectivity index (χ1n) is 8.51. The predicted molar refractivity (Wildman–Crippen MR) is 99.2 cm³/mol. The van der Waals surface area contributed by atoms with Gasteiger partial charge in [-0.2, -0.15) is 0 Å². The van der Waals surface area contributed by atoms with Crippen molar-refractivity contribution in [1.29, 1.82) is 0 Å². The molecule has 2 rings (SSSR count). The van der Waals surface area contributed by atoms with Crippen molar-refractivity contribution in [2.24, 2.45) is 0 Å². The maximum Gasteiger partial charge on any atom is 0.274 e. The van der Waals surface area contributed by atoms with Crippen molar-refractivity contribution < 1.29 is 9.59 Å². The predicted octanol–water partition coefficient (Wildman–Crippen LogP) is 3.84. The molecule has 0 saturated carbocycles. The number of Topliss-reactive ketones (excluding diaryl/α,β-unsaturated/α-hetero) is 1. The van der Waals surface area contributed by atoms with Crippen molar-refractivity contribution in [2.45, 2.75) is 40.0 Å². The number of benzene rings is 1. The fraction of sp³-hybridized carbons (Fsp3) is 0.368. The Hall–Kier alpha value is -2.76. The molecule has 1 amide bonds. The van der Waals surface area contributed by atoms with Crippen LogP contribution in [0, 0.1) is 6.92 Å². The molecule has 2 N–H and O–H groups in total. The number of aryl methyl sites for hydroxylation is 1. The van der Waals surface area contributed by atoms with E-state index in [1.807, 2.05) is 6.92 Å². The van der Waals surface area contributed by atoms with Crippen LogP contribution < -0.4 is 10.6 Å². The van der Waals surface area contributed by atoms with E-state index in [1.54, 1.807) is 30.3 Å². The lowest BCUT2D eigenvalue weighted by molar-refractivity contribution is 0.101. The van der Waals surface area contributed by atoms with Gasteiger partial charge in [-0.15, -0.1) is 0 Å². The molecule has 0 saturated heterocycles. The van der Waals surface area contributed by atoms with Crippen LogP contribution in [0.25, 0.3) is 0 Å². The molecule has 25 heavy (non-hydrogen) atoms. The van der Waals surface area contributed by atoms with Crippen molar-refractivity contribution in [3.8, 4) is 0 Å². The Morgan fingerprint density at radius 2 is 1.80 bits per heavy atom. The molecule has 0 aliphatic rings. The lowest BCUT2D eigenvalue weighted by Gasteiger charge is -2.09. The number of ketones is 1. The topological polar surface area (TPSA) is 84.0 Å². The average molecular weight is 340 g/mol. The highest BCUT2D eigenvalue weighted by Gasteiger charge is 2.11. The molecule has 132 valence electrons. The molecule has 0 radical (unpaired) electrons. The van der Waals surface area contributed by atoms with Crippen molar-refractivity contribution in [1.82, 2.24) is 9.97 Å². The second-order valence-corrected chi connectivity index (χ2v) is 5.94. The van der Waals surface area contributed by atoms with Crippen LogP contribution in [0.2, 0.25) is 0 Å². The molecule has 6 nitrogen and oxygen atoms in total. The Bertz CT molecular complexity index is 742. The number of nitrogens with zero attached hydrogens (tertiary/aromatic N) is 2. The molecule has 1 aromatic heterocycles. The van der Waals surface area contributed by atoms with Crippen LogP contribution in [0.15, 0.2) is 30.3 Å². The van der Waals surface area contributed by atoms with Gasteiger partial charge in [0.2, 0.25) is 5.95 Å². The Morgan fingerprint density at radius 3 is 2.44 bits per heavy atom. The van der Waals surface area contributed by atoms with Gasteiger partial charge < -0.3 is 10.6 Å². The third-order valence-corrected chi connectivity index (χ3v) is 3.70. The lowest BCUT2D eigenvalue weighted by atomic mass is 10.1. The van der Waals surface area contributed by atoms with Crippen LogP contribution in [0.4, 0.5) is 11.6 Å². The smallest absolute Gasteiger partial charge is 0.274 e. The number of anilines is 2. The van der Waals surface area contributed by atoms with E-state index in [0.29, 0.717) is 22.9 Å². The Morgan fingerprint density at radius 1 is 1.08 bits per heavy atom. The van der Waals surface area contributed by atoms with Gasteiger partial charge in [0.25, 0.3) is 5.91 Å². The maximum absolute atomic E-state index is 12.4. The Balaban J connectivity index is 2.05. The minimum Gasteiger partial charge on any atom is -0.354 e. The van der Waals surface area contributed by atoms with Crippen LogP contribution in [0.1, 0.15) is 59.7 Å². The normalized spacial score (nSPS) is 10.4. The van der Waals surface area contributed by atoms with E-state index in [9.17, 15) is 9.59 Å². The van der Waals surface area contributed by atoms with Gasteiger partial charge in [0.15, 0.2) is 5.78 Å². The molecule has 1 heterocycles. The minimum absolute atomic E-state index is 0.0110. The molecule has 0 aliphatic carbocycles. The summed E-state index contributed by atoms with van der Waals surface area (Å²) in [5.74, 6) is 0.147. The van der Waals surface area contributed by atoms with E-state index in [4.69, 9.17) is 0 Å². The summed E-state index contributed by atoms with van der Waals surface area (Å²) in [6.45, 7) is 6.27. The SMILES string of the molecule is CCCCCNc1nc(C)cc(C(=O)Nc2ccc(C(C)=O)cc2)n1. The highest BCUT2D eigenvalue weighted by molar-refractivity contribution is 6.03. The van der Waals surface area contributed by atoms with E-state index < -0.39 is 0 Å². The van der Waals surface area contributed by atoms with Gasteiger partial charge >= 0.3 is 0 Å². The first-order valence-corrected chi connectivity index (χ1v) is 8.51. The van der Waals surface area contributed by atoms with Crippen LogP contribution >= 0.6 is 0 Å². The molecule has 0 bridgehead atoms. The van der Waals surface area contributed by atoms with Gasteiger partial charge in [-0.3, -0.25) is 9.59 Å². The molecule has 0 atom stereocenters. The monoisotopic (exact) mass is 340 g/mol. The fourth-order valence-corrected chi connectivity index (χ4v) is 2.32. The van der Waals surface area contributed by atoms with Gasteiger partial charge in [0.05, 0.1) is 0 Å². The number of unbranched alkanes of at least 4 members (excludes halogenated alkanes) is 2. The number of carbonyl (C=O) groups is 2. The molecule has 0 aliphatic heterocycles. The van der Waals surface area contributed by atoms with Crippen LogP contribution in [-0.2, 0) is 0 Å². The lowest BCUT2D eigenvalue weighted by Crippen LogP contribution is -2.16. The Labute approximate surface area is 148 Å². The van der Waals surface area contributed by atoms with Gasteiger partial charge in [0.1, 0.15) is 5.69 Å². The summed E-state index contributed by atoms with van der Waals surface area (Å²) in [6, 6.07) is 8.42. The number of rotatable bonds is 8. The van der Waals surface area contributed by atoms with Gasteiger partial charge in [-0.1, -0.05) is 19.8 Å². The highest BCUT2D eigenvalue weighted by Crippen LogP contribution is 2.12. The Kier molecular flexibility index (Phi) is 6.62.